The van der Waals surface area contributed by atoms with E-state index in [2.05, 4.69) is 10.3 Å². The van der Waals surface area contributed by atoms with E-state index in [0.29, 0.717) is 28.2 Å². The van der Waals surface area contributed by atoms with Crippen LogP contribution in [0.4, 0.5) is 16.2 Å². The van der Waals surface area contributed by atoms with Gasteiger partial charge in [0.05, 0.1) is 22.0 Å². The van der Waals surface area contributed by atoms with Crippen molar-refractivity contribution in [3.05, 3.63) is 76.5 Å². The highest BCUT2D eigenvalue weighted by molar-refractivity contribution is 5.94. The number of benzene rings is 2. The molecule has 0 saturated carbocycles. The number of carbonyl (C=O) groups excluding carboxylic acids is 1. The molecule has 0 spiro atoms. The third kappa shape index (κ3) is 5.00. The van der Waals surface area contributed by atoms with Gasteiger partial charge in [0.2, 0.25) is 0 Å². The molecule has 3 aromatic rings. The van der Waals surface area contributed by atoms with Crippen molar-refractivity contribution >= 4 is 17.5 Å². The number of rotatable bonds is 4. The van der Waals surface area contributed by atoms with Crippen LogP contribution in [0.3, 0.4) is 0 Å². The van der Waals surface area contributed by atoms with Crippen molar-refractivity contribution in [3.63, 3.8) is 0 Å². The van der Waals surface area contributed by atoms with Gasteiger partial charge in [-0.25, -0.2) is 4.79 Å². The van der Waals surface area contributed by atoms with E-state index in [1.54, 1.807) is 39.8 Å². The molecule has 7 heteroatoms. The minimum Gasteiger partial charge on any atom is -0.444 e. The molecule has 0 radical (unpaired) electrons. The van der Waals surface area contributed by atoms with Gasteiger partial charge in [0.25, 0.3) is 5.69 Å². The fourth-order valence-corrected chi connectivity index (χ4v) is 3.01. The molecule has 0 unspecified atom stereocenters. The highest BCUT2D eigenvalue weighted by Crippen LogP contribution is 2.35. The van der Waals surface area contributed by atoms with Crippen molar-refractivity contribution in [2.45, 2.75) is 33.3 Å². The lowest BCUT2D eigenvalue weighted by Crippen LogP contribution is -2.27. The van der Waals surface area contributed by atoms with Gasteiger partial charge in [-0.15, -0.1) is 0 Å². The maximum Gasteiger partial charge on any atom is 0.412 e. The second kappa shape index (κ2) is 8.32. The summed E-state index contributed by atoms with van der Waals surface area (Å²) in [6.07, 6.45) is -0.619. The molecule has 1 heterocycles. The minimum absolute atomic E-state index is 0.0357. The molecule has 7 nitrogen and oxygen atoms in total. The van der Waals surface area contributed by atoms with E-state index in [9.17, 15) is 14.9 Å². The lowest BCUT2D eigenvalue weighted by molar-refractivity contribution is -0.384. The second-order valence-electron chi connectivity index (χ2n) is 7.82. The van der Waals surface area contributed by atoms with Crippen molar-refractivity contribution in [2.24, 2.45) is 0 Å². The molecule has 0 atom stereocenters. The van der Waals surface area contributed by atoms with E-state index in [4.69, 9.17) is 4.74 Å². The SMILES string of the molecule is Cc1nc(-c2ccccc2)cc(-c2cccc([N+](=O)[O-])c2)c1NC(=O)OC(C)(C)C. The Morgan fingerprint density at radius 2 is 1.70 bits per heavy atom. The standard InChI is InChI=1S/C23H23N3O4/c1-15-21(25-22(27)30-23(2,3)4)19(17-11-8-12-18(13-17)26(28)29)14-20(24-15)16-9-6-5-7-10-16/h5-14H,1-4H3,(H,25,27). The molecule has 1 N–H and O–H groups in total. The number of nitro groups is 1. The number of nitro benzene ring substituents is 1. The molecule has 1 amide bonds. The average Bonchev–Trinajstić information content (AvgIpc) is 2.68. The summed E-state index contributed by atoms with van der Waals surface area (Å²) in [7, 11) is 0. The molecular formula is C23H23N3O4. The molecule has 154 valence electrons. The number of ether oxygens (including phenoxy) is 1. The Labute approximate surface area is 174 Å². The smallest absolute Gasteiger partial charge is 0.412 e. The first kappa shape index (κ1) is 21.0. The predicted octanol–water partition coefficient (Wildman–Crippen LogP) is 5.98. The number of aryl methyl sites for hydroxylation is 1. The summed E-state index contributed by atoms with van der Waals surface area (Å²) in [6.45, 7) is 7.10. The average molecular weight is 405 g/mol. The van der Waals surface area contributed by atoms with Crippen LogP contribution in [-0.2, 0) is 4.74 Å². The number of amides is 1. The largest absolute Gasteiger partial charge is 0.444 e. The Balaban J connectivity index is 2.15. The normalized spacial score (nSPS) is 11.1. The van der Waals surface area contributed by atoms with Gasteiger partial charge in [-0.05, 0) is 39.3 Å². The molecule has 0 aliphatic heterocycles. The number of anilines is 1. The molecule has 3 rings (SSSR count). The van der Waals surface area contributed by atoms with Gasteiger partial charge in [0.1, 0.15) is 5.60 Å². The van der Waals surface area contributed by atoms with E-state index < -0.39 is 16.6 Å². The number of hydrogen-bond donors (Lipinski definition) is 1. The number of non-ortho nitro benzene ring substituents is 1. The first-order chi connectivity index (χ1) is 14.1. The molecule has 30 heavy (non-hydrogen) atoms. The topological polar surface area (TPSA) is 94.4 Å². The lowest BCUT2D eigenvalue weighted by Gasteiger charge is -2.21. The van der Waals surface area contributed by atoms with E-state index in [1.807, 2.05) is 36.4 Å². The molecule has 1 aromatic heterocycles. The number of nitrogens with one attached hydrogen (secondary N) is 1. The van der Waals surface area contributed by atoms with Crippen LogP contribution >= 0.6 is 0 Å². The number of hydrogen-bond acceptors (Lipinski definition) is 5. The number of nitrogens with zero attached hydrogens (tertiary/aromatic N) is 2. The van der Waals surface area contributed by atoms with Crippen molar-refractivity contribution in [3.8, 4) is 22.4 Å². The van der Waals surface area contributed by atoms with Crippen LogP contribution in [0, 0.1) is 17.0 Å². The van der Waals surface area contributed by atoms with Crippen LogP contribution in [0.5, 0.6) is 0 Å². The van der Waals surface area contributed by atoms with Gasteiger partial charge >= 0.3 is 6.09 Å². The van der Waals surface area contributed by atoms with Gasteiger partial charge in [-0.2, -0.15) is 0 Å². The van der Waals surface area contributed by atoms with Crippen LogP contribution in [0.2, 0.25) is 0 Å². The first-order valence-corrected chi connectivity index (χ1v) is 9.46. The lowest BCUT2D eigenvalue weighted by atomic mass is 9.99. The molecule has 0 aliphatic rings. The monoisotopic (exact) mass is 405 g/mol. The summed E-state index contributed by atoms with van der Waals surface area (Å²) in [4.78, 5) is 27.9. The maximum absolute atomic E-state index is 12.4. The fourth-order valence-electron chi connectivity index (χ4n) is 3.01. The summed E-state index contributed by atoms with van der Waals surface area (Å²) >= 11 is 0. The minimum atomic E-state index is -0.666. The second-order valence-corrected chi connectivity index (χ2v) is 7.82. The van der Waals surface area contributed by atoms with E-state index in [-0.39, 0.29) is 5.69 Å². The summed E-state index contributed by atoms with van der Waals surface area (Å²) in [5, 5.41) is 14.0. The van der Waals surface area contributed by atoms with Crippen molar-refractivity contribution < 1.29 is 14.5 Å². The Bertz CT molecular complexity index is 1090. The maximum atomic E-state index is 12.4. The fraction of sp³-hybridized carbons (Fsp3) is 0.217. The van der Waals surface area contributed by atoms with Gasteiger partial charge in [-0.3, -0.25) is 20.4 Å². The zero-order chi connectivity index (χ0) is 21.9. The zero-order valence-corrected chi connectivity index (χ0v) is 17.3. The van der Waals surface area contributed by atoms with Gasteiger partial charge < -0.3 is 4.74 Å². The van der Waals surface area contributed by atoms with Crippen molar-refractivity contribution in [1.82, 2.24) is 4.98 Å². The number of carbonyl (C=O) groups is 1. The number of pyridine rings is 1. The third-order valence-corrected chi connectivity index (χ3v) is 4.26. The Morgan fingerprint density at radius 3 is 2.33 bits per heavy atom. The summed E-state index contributed by atoms with van der Waals surface area (Å²) in [6, 6.07) is 17.7. The molecule has 0 saturated heterocycles. The van der Waals surface area contributed by atoms with E-state index in [1.165, 1.54) is 12.1 Å². The van der Waals surface area contributed by atoms with Gasteiger partial charge in [0, 0.05) is 23.3 Å². The van der Waals surface area contributed by atoms with Crippen LogP contribution in [-0.4, -0.2) is 21.6 Å². The molecular weight excluding hydrogens is 382 g/mol. The summed E-state index contributed by atoms with van der Waals surface area (Å²) in [5.74, 6) is 0. The summed E-state index contributed by atoms with van der Waals surface area (Å²) < 4.78 is 5.38. The quantitative estimate of drug-likeness (QED) is 0.426. The summed E-state index contributed by atoms with van der Waals surface area (Å²) in [5.41, 5.74) is 3.13. The Hall–Kier alpha value is -3.74. The zero-order valence-electron chi connectivity index (χ0n) is 17.3. The van der Waals surface area contributed by atoms with Crippen LogP contribution in [0.1, 0.15) is 26.5 Å². The first-order valence-electron chi connectivity index (χ1n) is 9.46. The highest BCUT2D eigenvalue weighted by Gasteiger charge is 2.21. The van der Waals surface area contributed by atoms with E-state index >= 15 is 0 Å². The van der Waals surface area contributed by atoms with Crippen LogP contribution in [0.15, 0.2) is 60.7 Å². The number of aromatic nitrogens is 1. The Kier molecular flexibility index (Phi) is 5.82. The van der Waals surface area contributed by atoms with Crippen LogP contribution in [0.25, 0.3) is 22.4 Å². The van der Waals surface area contributed by atoms with Crippen molar-refractivity contribution in [1.29, 1.82) is 0 Å². The third-order valence-electron chi connectivity index (χ3n) is 4.26. The predicted molar refractivity (Wildman–Crippen MR) is 116 cm³/mol. The Morgan fingerprint density at radius 1 is 1.03 bits per heavy atom. The van der Waals surface area contributed by atoms with Gasteiger partial charge in [-0.1, -0.05) is 42.5 Å². The molecule has 0 aliphatic carbocycles. The molecule has 0 bridgehead atoms. The molecule has 0 fully saturated rings. The molecule has 2 aromatic carbocycles. The van der Waals surface area contributed by atoms with Crippen LogP contribution < -0.4 is 5.32 Å². The van der Waals surface area contributed by atoms with Crippen molar-refractivity contribution in [2.75, 3.05) is 5.32 Å². The van der Waals surface area contributed by atoms with Gasteiger partial charge in [0.15, 0.2) is 0 Å². The van der Waals surface area contributed by atoms with E-state index in [0.717, 1.165) is 5.56 Å². The highest BCUT2D eigenvalue weighted by atomic mass is 16.6.